The van der Waals surface area contributed by atoms with Gasteiger partial charge in [0.1, 0.15) is 0 Å². The van der Waals surface area contributed by atoms with E-state index in [-0.39, 0.29) is 5.91 Å². The number of anilines is 1. The number of hydrogen-bond donors (Lipinski definition) is 1. The lowest BCUT2D eigenvalue weighted by Crippen LogP contribution is -2.29. The Kier molecular flexibility index (Phi) is 3.09. The first-order chi connectivity index (χ1) is 8.00. The van der Waals surface area contributed by atoms with Crippen LogP contribution in [0.25, 0.3) is 0 Å². The second kappa shape index (κ2) is 4.40. The summed E-state index contributed by atoms with van der Waals surface area (Å²) in [6.07, 6.45) is 1.24. The Morgan fingerprint density at radius 1 is 1.53 bits per heavy atom. The van der Waals surface area contributed by atoms with Crippen LogP contribution in [0.5, 0.6) is 0 Å². The van der Waals surface area contributed by atoms with Crippen molar-refractivity contribution in [1.29, 1.82) is 0 Å². The van der Waals surface area contributed by atoms with Crippen LogP contribution in [0.2, 0.25) is 0 Å². The summed E-state index contributed by atoms with van der Waals surface area (Å²) in [4.78, 5) is 14.0. The molecule has 3 nitrogen and oxygen atoms in total. The van der Waals surface area contributed by atoms with Gasteiger partial charge in [0.05, 0.1) is 5.56 Å². The summed E-state index contributed by atoms with van der Waals surface area (Å²) in [6.45, 7) is 4.99. The Balaban J connectivity index is 2.10. The SMILES string of the molecule is Cc1cccc(C(=O)N(C)CC2CC2C)c1N. The molecule has 0 spiro atoms. The molecule has 0 aliphatic heterocycles. The number of hydrogen-bond acceptors (Lipinski definition) is 2. The van der Waals surface area contributed by atoms with E-state index in [9.17, 15) is 4.79 Å². The number of aryl methyl sites for hydroxylation is 1. The van der Waals surface area contributed by atoms with Crippen LogP contribution in [0.3, 0.4) is 0 Å². The van der Waals surface area contributed by atoms with E-state index < -0.39 is 0 Å². The van der Waals surface area contributed by atoms with Gasteiger partial charge < -0.3 is 10.6 Å². The van der Waals surface area contributed by atoms with Gasteiger partial charge in [0.2, 0.25) is 0 Å². The fourth-order valence-corrected chi connectivity index (χ4v) is 2.16. The Hall–Kier alpha value is -1.51. The zero-order valence-corrected chi connectivity index (χ0v) is 10.7. The summed E-state index contributed by atoms with van der Waals surface area (Å²) >= 11 is 0. The van der Waals surface area contributed by atoms with Crippen LogP contribution in [0.1, 0.15) is 29.3 Å². The molecule has 92 valence electrons. The van der Waals surface area contributed by atoms with Crippen molar-refractivity contribution in [3.63, 3.8) is 0 Å². The molecule has 1 aromatic rings. The highest BCUT2D eigenvalue weighted by atomic mass is 16.2. The van der Waals surface area contributed by atoms with Crippen LogP contribution >= 0.6 is 0 Å². The Bertz CT molecular complexity index is 442. The summed E-state index contributed by atoms with van der Waals surface area (Å²) in [5.74, 6) is 1.47. The van der Waals surface area contributed by atoms with Crippen molar-refractivity contribution in [3.8, 4) is 0 Å². The van der Waals surface area contributed by atoms with Gasteiger partial charge in [-0.2, -0.15) is 0 Å². The first kappa shape index (κ1) is 12.0. The summed E-state index contributed by atoms with van der Waals surface area (Å²) in [5.41, 5.74) is 8.14. The number of amides is 1. The van der Waals surface area contributed by atoms with E-state index in [0.29, 0.717) is 17.2 Å². The summed E-state index contributed by atoms with van der Waals surface area (Å²) < 4.78 is 0. The number of nitrogens with two attached hydrogens (primary N) is 1. The van der Waals surface area contributed by atoms with Gasteiger partial charge in [-0.1, -0.05) is 19.1 Å². The van der Waals surface area contributed by atoms with E-state index in [4.69, 9.17) is 5.73 Å². The number of carbonyl (C=O) groups excluding carboxylic acids is 1. The van der Waals surface area contributed by atoms with Crippen molar-refractivity contribution in [2.75, 3.05) is 19.3 Å². The lowest BCUT2D eigenvalue weighted by molar-refractivity contribution is 0.0788. The van der Waals surface area contributed by atoms with Crippen LogP contribution in [0.4, 0.5) is 5.69 Å². The van der Waals surface area contributed by atoms with Crippen molar-refractivity contribution < 1.29 is 4.79 Å². The molecule has 0 saturated heterocycles. The lowest BCUT2D eigenvalue weighted by Gasteiger charge is -2.18. The van der Waals surface area contributed by atoms with Crippen molar-refractivity contribution >= 4 is 11.6 Å². The fourth-order valence-electron chi connectivity index (χ4n) is 2.16. The molecule has 0 bridgehead atoms. The first-order valence-corrected chi connectivity index (χ1v) is 6.11. The third-order valence-electron chi connectivity index (χ3n) is 3.69. The van der Waals surface area contributed by atoms with Crippen LogP contribution in [0.15, 0.2) is 18.2 Å². The van der Waals surface area contributed by atoms with Gasteiger partial charge in [-0.05, 0) is 36.8 Å². The highest BCUT2D eigenvalue weighted by Gasteiger charge is 2.34. The summed E-state index contributed by atoms with van der Waals surface area (Å²) in [7, 11) is 1.86. The lowest BCUT2D eigenvalue weighted by atomic mass is 10.1. The van der Waals surface area contributed by atoms with E-state index in [2.05, 4.69) is 6.92 Å². The van der Waals surface area contributed by atoms with Gasteiger partial charge in [-0.15, -0.1) is 0 Å². The van der Waals surface area contributed by atoms with E-state index in [1.54, 1.807) is 11.0 Å². The predicted molar refractivity (Wildman–Crippen MR) is 69.8 cm³/mol. The van der Waals surface area contributed by atoms with Crippen LogP contribution in [0, 0.1) is 18.8 Å². The van der Waals surface area contributed by atoms with Gasteiger partial charge in [0.25, 0.3) is 5.91 Å². The molecule has 2 N–H and O–H groups in total. The molecular weight excluding hydrogens is 212 g/mol. The minimum atomic E-state index is 0.0327. The minimum absolute atomic E-state index is 0.0327. The molecule has 1 aliphatic rings. The minimum Gasteiger partial charge on any atom is -0.398 e. The smallest absolute Gasteiger partial charge is 0.255 e. The summed E-state index contributed by atoms with van der Waals surface area (Å²) in [6, 6.07) is 5.61. The van der Waals surface area contributed by atoms with Crippen LogP contribution in [-0.2, 0) is 0 Å². The number of rotatable bonds is 3. The summed E-state index contributed by atoms with van der Waals surface area (Å²) in [5, 5.41) is 0. The van der Waals surface area contributed by atoms with Gasteiger partial charge in [-0.25, -0.2) is 0 Å². The van der Waals surface area contributed by atoms with Gasteiger partial charge >= 0.3 is 0 Å². The average molecular weight is 232 g/mol. The molecule has 2 unspecified atom stereocenters. The molecule has 0 aromatic heterocycles. The number of carbonyl (C=O) groups is 1. The van der Waals surface area contributed by atoms with Gasteiger partial charge in [-0.3, -0.25) is 4.79 Å². The molecule has 1 saturated carbocycles. The highest BCUT2D eigenvalue weighted by Crippen LogP contribution is 2.38. The van der Waals surface area contributed by atoms with Gasteiger partial charge in [0, 0.05) is 19.3 Å². The Morgan fingerprint density at radius 3 is 2.76 bits per heavy atom. The van der Waals surface area contributed by atoms with E-state index in [1.807, 2.05) is 26.1 Å². The molecule has 0 heterocycles. The Morgan fingerprint density at radius 2 is 2.18 bits per heavy atom. The molecular formula is C14H20N2O. The largest absolute Gasteiger partial charge is 0.398 e. The van der Waals surface area contributed by atoms with Crippen molar-refractivity contribution in [1.82, 2.24) is 4.90 Å². The molecule has 1 amide bonds. The monoisotopic (exact) mass is 232 g/mol. The van der Waals surface area contributed by atoms with E-state index in [0.717, 1.165) is 18.0 Å². The van der Waals surface area contributed by atoms with Gasteiger partial charge in [0.15, 0.2) is 0 Å². The third-order valence-corrected chi connectivity index (χ3v) is 3.69. The highest BCUT2D eigenvalue weighted by molar-refractivity contribution is 5.99. The van der Waals surface area contributed by atoms with Crippen molar-refractivity contribution in [2.24, 2.45) is 11.8 Å². The molecule has 2 rings (SSSR count). The number of para-hydroxylation sites is 1. The molecule has 1 aromatic carbocycles. The maximum absolute atomic E-state index is 12.2. The van der Waals surface area contributed by atoms with Crippen LogP contribution in [-0.4, -0.2) is 24.4 Å². The molecule has 1 fully saturated rings. The molecule has 17 heavy (non-hydrogen) atoms. The second-order valence-corrected chi connectivity index (χ2v) is 5.19. The maximum Gasteiger partial charge on any atom is 0.255 e. The maximum atomic E-state index is 12.2. The predicted octanol–water partition coefficient (Wildman–Crippen LogP) is 2.31. The Labute approximate surface area is 103 Å². The number of nitrogen functional groups attached to an aromatic ring is 1. The van der Waals surface area contributed by atoms with Crippen molar-refractivity contribution in [3.05, 3.63) is 29.3 Å². The van der Waals surface area contributed by atoms with Crippen LogP contribution < -0.4 is 5.73 Å². The first-order valence-electron chi connectivity index (χ1n) is 6.11. The standard InChI is InChI=1S/C14H20N2O/c1-9-5-4-6-12(13(9)15)14(17)16(3)8-11-7-10(11)2/h4-6,10-11H,7-8,15H2,1-3H3. The zero-order chi connectivity index (χ0) is 12.6. The normalized spacial score (nSPS) is 22.3. The second-order valence-electron chi connectivity index (χ2n) is 5.19. The fraction of sp³-hybridized carbons (Fsp3) is 0.500. The quantitative estimate of drug-likeness (QED) is 0.813. The topological polar surface area (TPSA) is 46.3 Å². The molecule has 2 atom stereocenters. The number of benzene rings is 1. The van der Waals surface area contributed by atoms with E-state index >= 15 is 0 Å². The molecule has 0 radical (unpaired) electrons. The average Bonchev–Trinajstić information content (AvgIpc) is 2.97. The van der Waals surface area contributed by atoms with Crippen molar-refractivity contribution in [2.45, 2.75) is 20.3 Å². The third kappa shape index (κ3) is 2.43. The molecule has 3 heteroatoms. The van der Waals surface area contributed by atoms with E-state index in [1.165, 1.54) is 6.42 Å². The zero-order valence-electron chi connectivity index (χ0n) is 10.7. The molecule has 1 aliphatic carbocycles. The number of nitrogens with zero attached hydrogens (tertiary/aromatic N) is 1.